The summed E-state index contributed by atoms with van der Waals surface area (Å²) in [7, 11) is 0. The van der Waals surface area contributed by atoms with Gasteiger partial charge in [-0.25, -0.2) is 0 Å². The summed E-state index contributed by atoms with van der Waals surface area (Å²) in [4.78, 5) is 0. The molecule has 1 saturated carbocycles. The Morgan fingerprint density at radius 1 is 1.21 bits per heavy atom. The van der Waals surface area contributed by atoms with E-state index in [1.54, 1.807) is 0 Å². The lowest BCUT2D eigenvalue weighted by atomic mass is 9.85. The van der Waals surface area contributed by atoms with Crippen LogP contribution in [0, 0.1) is 5.92 Å². The minimum Gasteiger partial charge on any atom is -0.395 e. The van der Waals surface area contributed by atoms with Crippen LogP contribution >= 0.6 is 0 Å². The van der Waals surface area contributed by atoms with Crippen LogP contribution in [0.5, 0.6) is 0 Å². The summed E-state index contributed by atoms with van der Waals surface area (Å²) >= 11 is 0. The van der Waals surface area contributed by atoms with Crippen LogP contribution in [0.25, 0.3) is 0 Å². The molecular weight excluding hydrogens is 174 g/mol. The van der Waals surface area contributed by atoms with E-state index in [0.717, 1.165) is 12.3 Å². The van der Waals surface area contributed by atoms with Gasteiger partial charge in [-0.05, 0) is 12.3 Å². The number of hydrogen-bond acceptors (Lipinski definition) is 2. The summed E-state index contributed by atoms with van der Waals surface area (Å²) < 4.78 is 0. The highest BCUT2D eigenvalue weighted by atomic mass is 16.3. The van der Waals surface area contributed by atoms with Gasteiger partial charge in [-0.15, -0.1) is 0 Å². The Bertz CT molecular complexity index is 141. The minimum absolute atomic E-state index is 0.286. The van der Waals surface area contributed by atoms with Crippen LogP contribution in [0.15, 0.2) is 0 Å². The molecule has 0 amide bonds. The first-order valence-electron chi connectivity index (χ1n) is 6.09. The molecule has 0 radical (unpaired) electrons. The van der Waals surface area contributed by atoms with Crippen molar-refractivity contribution < 1.29 is 5.11 Å². The fraction of sp³-hybridized carbons (Fsp3) is 1.00. The maximum absolute atomic E-state index is 9.24. The molecule has 0 spiro atoms. The Balaban J connectivity index is 2.23. The van der Waals surface area contributed by atoms with Gasteiger partial charge in [0.15, 0.2) is 0 Å². The van der Waals surface area contributed by atoms with E-state index in [1.165, 1.54) is 32.1 Å². The van der Waals surface area contributed by atoms with E-state index in [1.807, 2.05) is 0 Å². The number of aliphatic hydroxyl groups is 1. The molecule has 1 aliphatic carbocycles. The highest BCUT2D eigenvalue weighted by Gasteiger charge is 2.18. The maximum Gasteiger partial charge on any atom is 0.0584 e. The van der Waals surface area contributed by atoms with Gasteiger partial charge in [-0.1, -0.05) is 46.0 Å². The topological polar surface area (TPSA) is 32.3 Å². The summed E-state index contributed by atoms with van der Waals surface area (Å²) in [5.74, 6) is 0.854. The largest absolute Gasteiger partial charge is 0.395 e. The SMILES string of the molecule is CC(C)NC(CO)CC1CCCCC1. The summed E-state index contributed by atoms with van der Waals surface area (Å²) in [6.07, 6.45) is 8.11. The molecule has 1 atom stereocenters. The Hall–Kier alpha value is -0.0800. The van der Waals surface area contributed by atoms with Crippen LogP contribution in [-0.2, 0) is 0 Å². The predicted octanol–water partition coefficient (Wildman–Crippen LogP) is 2.32. The normalized spacial score (nSPS) is 21.4. The number of hydrogen-bond donors (Lipinski definition) is 2. The minimum atomic E-state index is 0.286. The second-order valence-electron chi connectivity index (χ2n) is 4.94. The fourth-order valence-electron chi connectivity index (χ4n) is 2.49. The van der Waals surface area contributed by atoms with Gasteiger partial charge in [0.2, 0.25) is 0 Å². The van der Waals surface area contributed by atoms with E-state index < -0.39 is 0 Å². The zero-order chi connectivity index (χ0) is 10.4. The van der Waals surface area contributed by atoms with Crippen LogP contribution in [0.4, 0.5) is 0 Å². The zero-order valence-electron chi connectivity index (χ0n) is 9.63. The molecule has 2 N–H and O–H groups in total. The van der Waals surface area contributed by atoms with E-state index in [4.69, 9.17) is 0 Å². The Labute approximate surface area is 88.1 Å². The zero-order valence-corrected chi connectivity index (χ0v) is 9.63. The molecule has 0 aromatic heterocycles. The van der Waals surface area contributed by atoms with Gasteiger partial charge < -0.3 is 10.4 Å². The Morgan fingerprint density at radius 2 is 1.86 bits per heavy atom. The van der Waals surface area contributed by atoms with Crippen LogP contribution < -0.4 is 5.32 Å². The summed E-state index contributed by atoms with van der Waals surface area (Å²) in [6, 6.07) is 0.800. The molecule has 0 saturated heterocycles. The molecule has 1 unspecified atom stereocenters. The third kappa shape index (κ3) is 4.43. The van der Waals surface area contributed by atoms with Gasteiger partial charge >= 0.3 is 0 Å². The molecule has 1 aliphatic rings. The average molecular weight is 199 g/mol. The second kappa shape index (κ2) is 6.41. The van der Waals surface area contributed by atoms with E-state index >= 15 is 0 Å². The summed E-state index contributed by atoms with van der Waals surface area (Å²) in [6.45, 7) is 4.57. The van der Waals surface area contributed by atoms with Gasteiger partial charge in [-0.3, -0.25) is 0 Å². The first-order chi connectivity index (χ1) is 6.72. The molecule has 1 fully saturated rings. The molecular formula is C12H25NO. The molecule has 0 bridgehead atoms. The third-order valence-electron chi connectivity index (χ3n) is 3.13. The summed E-state index contributed by atoms with van der Waals surface area (Å²) in [5.41, 5.74) is 0. The second-order valence-corrected chi connectivity index (χ2v) is 4.94. The van der Waals surface area contributed by atoms with Gasteiger partial charge in [-0.2, -0.15) is 0 Å². The number of rotatable bonds is 5. The van der Waals surface area contributed by atoms with E-state index in [0.29, 0.717) is 12.1 Å². The van der Waals surface area contributed by atoms with Crippen molar-refractivity contribution in [2.45, 2.75) is 64.5 Å². The first-order valence-corrected chi connectivity index (χ1v) is 6.09. The maximum atomic E-state index is 9.24. The van der Waals surface area contributed by atoms with Crippen LogP contribution in [0.1, 0.15) is 52.4 Å². The van der Waals surface area contributed by atoms with Crippen LogP contribution in [0.3, 0.4) is 0 Å². The van der Waals surface area contributed by atoms with Crippen molar-refractivity contribution in [2.75, 3.05) is 6.61 Å². The molecule has 0 aliphatic heterocycles. The van der Waals surface area contributed by atoms with Crippen molar-refractivity contribution >= 4 is 0 Å². The molecule has 0 aromatic carbocycles. The van der Waals surface area contributed by atoms with Crippen LogP contribution in [0.2, 0.25) is 0 Å². The molecule has 84 valence electrons. The van der Waals surface area contributed by atoms with E-state index in [-0.39, 0.29) is 6.61 Å². The van der Waals surface area contributed by atoms with E-state index in [9.17, 15) is 5.11 Å². The highest BCUT2D eigenvalue weighted by molar-refractivity contribution is 4.75. The van der Waals surface area contributed by atoms with Crippen molar-refractivity contribution in [3.63, 3.8) is 0 Å². The first kappa shape index (κ1) is 12.0. The van der Waals surface area contributed by atoms with Crippen molar-refractivity contribution in [1.82, 2.24) is 5.32 Å². The Morgan fingerprint density at radius 3 is 2.36 bits per heavy atom. The lowest BCUT2D eigenvalue weighted by molar-refractivity contribution is 0.197. The van der Waals surface area contributed by atoms with Gasteiger partial charge in [0, 0.05) is 12.1 Å². The summed E-state index contributed by atoms with van der Waals surface area (Å²) in [5, 5.41) is 12.7. The average Bonchev–Trinajstić information content (AvgIpc) is 2.17. The predicted molar refractivity (Wildman–Crippen MR) is 60.3 cm³/mol. The van der Waals surface area contributed by atoms with Gasteiger partial charge in [0.25, 0.3) is 0 Å². The number of aliphatic hydroxyl groups excluding tert-OH is 1. The fourth-order valence-corrected chi connectivity index (χ4v) is 2.49. The van der Waals surface area contributed by atoms with Crippen molar-refractivity contribution in [3.8, 4) is 0 Å². The highest BCUT2D eigenvalue weighted by Crippen LogP contribution is 2.27. The van der Waals surface area contributed by atoms with Gasteiger partial charge in [0.05, 0.1) is 6.61 Å². The molecule has 1 rings (SSSR count). The Kier molecular flexibility index (Phi) is 5.49. The van der Waals surface area contributed by atoms with Crippen LogP contribution in [-0.4, -0.2) is 23.8 Å². The molecule has 0 heterocycles. The molecule has 0 aromatic rings. The smallest absolute Gasteiger partial charge is 0.0584 e. The third-order valence-corrected chi connectivity index (χ3v) is 3.13. The van der Waals surface area contributed by atoms with Crippen molar-refractivity contribution in [2.24, 2.45) is 5.92 Å². The van der Waals surface area contributed by atoms with Crippen molar-refractivity contribution in [1.29, 1.82) is 0 Å². The lowest BCUT2D eigenvalue weighted by Crippen LogP contribution is -2.39. The van der Waals surface area contributed by atoms with E-state index in [2.05, 4.69) is 19.2 Å². The number of nitrogens with one attached hydrogen (secondary N) is 1. The lowest BCUT2D eigenvalue weighted by Gasteiger charge is -2.27. The molecule has 2 heteroatoms. The van der Waals surface area contributed by atoms with Crippen molar-refractivity contribution in [3.05, 3.63) is 0 Å². The van der Waals surface area contributed by atoms with Gasteiger partial charge in [0.1, 0.15) is 0 Å². The molecule has 14 heavy (non-hydrogen) atoms. The molecule has 2 nitrogen and oxygen atoms in total. The monoisotopic (exact) mass is 199 g/mol. The standard InChI is InChI=1S/C12H25NO/c1-10(2)13-12(9-14)8-11-6-4-3-5-7-11/h10-14H,3-9H2,1-2H3. The quantitative estimate of drug-likeness (QED) is 0.712.